The molecule has 1 fully saturated rings. The molecule has 1 saturated heterocycles. The van der Waals surface area contributed by atoms with Crippen molar-refractivity contribution in [3.8, 4) is 0 Å². The first kappa shape index (κ1) is 17.3. The lowest BCUT2D eigenvalue weighted by Crippen LogP contribution is -2.54. The van der Waals surface area contributed by atoms with Gasteiger partial charge in [-0.05, 0) is 13.8 Å². The lowest BCUT2D eigenvalue weighted by Gasteiger charge is -2.39. The molecule has 22 heavy (non-hydrogen) atoms. The summed E-state index contributed by atoms with van der Waals surface area (Å²) < 4.78 is 10.5. The molecule has 1 aromatic heterocycles. The zero-order valence-electron chi connectivity index (χ0n) is 13.6. The molecule has 1 aliphatic rings. The first-order valence-corrected chi connectivity index (χ1v) is 8.58. The Kier molecular flexibility index (Phi) is 6.75. The van der Waals surface area contributed by atoms with E-state index < -0.39 is 0 Å². The molecule has 1 aliphatic heterocycles. The first-order chi connectivity index (χ1) is 10.7. The number of methoxy groups -OCH3 is 1. The zero-order chi connectivity index (χ0) is 15.9. The summed E-state index contributed by atoms with van der Waals surface area (Å²) in [6.07, 6.45) is 0. The molecular weight excluding hydrogens is 302 g/mol. The van der Waals surface area contributed by atoms with Crippen LogP contribution >= 0.6 is 11.3 Å². The van der Waals surface area contributed by atoms with E-state index in [1.807, 2.05) is 17.2 Å². The molecule has 1 unspecified atom stereocenters. The summed E-state index contributed by atoms with van der Waals surface area (Å²) in [5, 5.41) is 2.66. The summed E-state index contributed by atoms with van der Waals surface area (Å²) in [5.41, 5.74) is 0.534. The number of carbonyl (C=O) groups excluding carboxylic acids is 1. The lowest BCUT2D eigenvalue weighted by atomic mass is 10.2. The molecule has 2 heterocycles. The van der Waals surface area contributed by atoms with Gasteiger partial charge >= 0.3 is 0 Å². The Hall–Kier alpha value is -1.02. The van der Waals surface area contributed by atoms with Gasteiger partial charge in [-0.15, -0.1) is 11.3 Å². The average Bonchev–Trinajstić information content (AvgIpc) is 2.97. The van der Waals surface area contributed by atoms with Crippen molar-refractivity contribution < 1.29 is 14.3 Å². The van der Waals surface area contributed by atoms with Crippen molar-refractivity contribution in [1.29, 1.82) is 0 Å². The van der Waals surface area contributed by atoms with E-state index in [0.29, 0.717) is 18.3 Å². The molecule has 1 amide bonds. The second-order valence-corrected chi connectivity index (χ2v) is 6.34. The van der Waals surface area contributed by atoms with Gasteiger partial charge in [-0.3, -0.25) is 9.69 Å². The number of amides is 1. The Morgan fingerprint density at radius 3 is 3.00 bits per heavy atom. The monoisotopic (exact) mass is 327 g/mol. The number of hydrogen-bond acceptors (Lipinski definition) is 6. The van der Waals surface area contributed by atoms with Crippen LogP contribution in [0.4, 0.5) is 0 Å². The van der Waals surface area contributed by atoms with Crippen LogP contribution in [-0.2, 0) is 16.1 Å². The van der Waals surface area contributed by atoms with Crippen molar-refractivity contribution in [2.75, 3.05) is 46.5 Å². The summed E-state index contributed by atoms with van der Waals surface area (Å²) in [6, 6.07) is 0.343. The van der Waals surface area contributed by atoms with Crippen molar-refractivity contribution >= 4 is 17.2 Å². The van der Waals surface area contributed by atoms with Crippen LogP contribution in [0.5, 0.6) is 0 Å². The highest BCUT2D eigenvalue weighted by Gasteiger charge is 2.28. The molecule has 124 valence electrons. The topological polar surface area (TPSA) is 54.9 Å². The molecule has 0 aliphatic carbocycles. The molecule has 2 rings (SSSR count). The van der Waals surface area contributed by atoms with Gasteiger partial charge in [0.2, 0.25) is 0 Å². The number of carbonyl (C=O) groups is 1. The number of nitrogens with zero attached hydrogens (tertiary/aromatic N) is 3. The third kappa shape index (κ3) is 4.49. The molecule has 0 bridgehead atoms. The minimum atomic E-state index is 0.0231. The van der Waals surface area contributed by atoms with Crippen LogP contribution in [0, 0.1) is 0 Å². The van der Waals surface area contributed by atoms with Crippen LogP contribution in [0.2, 0.25) is 0 Å². The van der Waals surface area contributed by atoms with E-state index in [9.17, 15) is 4.79 Å². The van der Waals surface area contributed by atoms with Crippen molar-refractivity contribution in [2.45, 2.75) is 26.5 Å². The van der Waals surface area contributed by atoms with Gasteiger partial charge in [0.25, 0.3) is 5.91 Å². The highest BCUT2D eigenvalue weighted by molar-refractivity contribution is 7.09. The fraction of sp³-hybridized carbons (Fsp3) is 0.733. The maximum absolute atomic E-state index is 12.5. The van der Waals surface area contributed by atoms with Gasteiger partial charge in [-0.25, -0.2) is 4.98 Å². The molecule has 0 N–H and O–H groups in total. The minimum absolute atomic E-state index is 0.0231. The maximum atomic E-state index is 12.5. The van der Waals surface area contributed by atoms with Gasteiger partial charge in [0.1, 0.15) is 10.7 Å². The molecule has 7 heteroatoms. The quantitative estimate of drug-likeness (QED) is 0.710. The standard InChI is InChI=1S/C15H25N3O3S/c1-4-21-8-7-17-5-6-18(9-12(17)2)15(19)13-11-22-14(16-13)10-20-3/h11-12H,4-10H2,1-3H3. The molecule has 0 radical (unpaired) electrons. The Bertz CT molecular complexity index is 480. The fourth-order valence-corrected chi connectivity index (χ4v) is 3.34. The molecule has 6 nitrogen and oxygen atoms in total. The fourth-order valence-electron chi connectivity index (χ4n) is 2.60. The summed E-state index contributed by atoms with van der Waals surface area (Å²) in [7, 11) is 1.63. The third-order valence-electron chi connectivity index (χ3n) is 3.82. The molecule has 0 aromatic carbocycles. The Morgan fingerprint density at radius 1 is 1.50 bits per heavy atom. The predicted molar refractivity (Wildman–Crippen MR) is 86.3 cm³/mol. The van der Waals surface area contributed by atoms with Gasteiger partial charge in [0, 0.05) is 51.3 Å². The Labute approximate surface area is 136 Å². The number of aromatic nitrogens is 1. The number of thiazole rings is 1. The van der Waals surface area contributed by atoms with Crippen LogP contribution in [0.25, 0.3) is 0 Å². The van der Waals surface area contributed by atoms with E-state index >= 15 is 0 Å². The van der Waals surface area contributed by atoms with Gasteiger partial charge in [0.15, 0.2) is 0 Å². The SMILES string of the molecule is CCOCCN1CCN(C(=O)c2csc(COC)n2)CC1C. The molecular formula is C15H25N3O3S. The van der Waals surface area contributed by atoms with Crippen molar-refractivity contribution in [3.05, 3.63) is 16.1 Å². The van der Waals surface area contributed by atoms with Crippen LogP contribution in [0.15, 0.2) is 5.38 Å². The maximum Gasteiger partial charge on any atom is 0.273 e. The first-order valence-electron chi connectivity index (χ1n) is 7.70. The van der Waals surface area contributed by atoms with Crippen LogP contribution in [-0.4, -0.2) is 73.2 Å². The van der Waals surface area contributed by atoms with E-state index in [1.165, 1.54) is 11.3 Å². The van der Waals surface area contributed by atoms with Crippen LogP contribution in [0.3, 0.4) is 0 Å². The molecule has 1 atom stereocenters. The van der Waals surface area contributed by atoms with Crippen molar-refractivity contribution in [1.82, 2.24) is 14.8 Å². The molecule has 1 aromatic rings. The second-order valence-electron chi connectivity index (χ2n) is 5.39. The highest BCUT2D eigenvalue weighted by Crippen LogP contribution is 2.16. The lowest BCUT2D eigenvalue weighted by molar-refractivity contribution is 0.0388. The van der Waals surface area contributed by atoms with Crippen molar-refractivity contribution in [2.24, 2.45) is 0 Å². The van der Waals surface area contributed by atoms with Gasteiger partial charge in [0.05, 0.1) is 13.2 Å². The zero-order valence-corrected chi connectivity index (χ0v) is 14.4. The average molecular weight is 327 g/mol. The molecule has 0 saturated carbocycles. The smallest absolute Gasteiger partial charge is 0.273 e. The van der Waals surface area contributed by atoms with E-state index in [0.717, 1.165) is 44.4 Å². The van der Waals surface area contributed by atoms with Crippen LogP contribution in [0.1, 0.15) is 29.3 Å². The number of rotatable bonds is 7. The summed E-state index contributed by atoms with van der Waals surface area (Å²) in [4.78, 5) is 21.1. The highest BCUT2D eigenvalue weighted by atomic mass is 32.1. The minimum Gasteiger partial charge on any atom is -0.380 e. The third-order valence-corrected chi connectivity index (χ3v) is 4.64. The van der Waals surface area contributed by atoms with Gasteiger partial charge in [-0.2, -0.15) is 0 Å². The van der Waals surface area contributed by atoms with Gasteiger partial charge in [-0.1, -0.05) is 0 Å². The summed E-state index contributed by atoms with van der Waals surface area (Å²) >= 11 is 1.47. The summed E-state index contributed by atoms with van der Waals surface area (Å²) in [5.74, 6) is 0.0231. The van der Waals surface area contributed by atoms with E-state index in [1.54, 1.807) is 7.11 Å². The van der Waals surface area contributed by atoms with Crippen LogP contribution < -0.4 is 0 Å². The second kappa shape index (κ2) is 8.57. The van der Waals surface area contributed by atoms with E-state index in [4.69, 9.17) is 9.47 Å². The van der Waals surface area contributed by atoms with E-state index in [2.05, 4.69) is 16.8 Å². The largest absolute Gasteiger partial charge is 0.380 e. The Morgan fingerprint density at radius 2 is 2.32 bits per heavy atom. The van der Waals surface area contributed by atoms with Gasteiger partial charge < -0.3 is 14.4 Å². The van der Waals surface area contributed by atoms with E-state index in [-0.39, 0.29) is 5.91 Å². The normalized spacial score (nSPS) is 19.6. The number of piperazine rings is 1. The summed E-state index contributed by atoms with van der Waals surface area (Å²) in [6.45, 7) is 9.41. The molecule has 0 spiro atoms. The number of ether oxygens (including phenoxy) is 2. The predicted octanol–water partition coefficient (Wildman–Crippen LogP) is 1.47. The van der Waals surface area contributed by atoms with Crippen molar-refractivity contribution in [3.63, 3.8) is 0 Å². The Balaban J connectivity index is 1.87. The number of hydrogen-bond donors (Lipinski definition) is 0.